The third-order valence-electron chi connectivity index (χ3n) is 5.58. The number of alkyl halides is 3. The Kier molecular flexibility index (Phi) is 30.3. The summed E-state index contributed by atoms with van der Waals surface area (Å²) < 4.78 is 48.9. The Morgan fingerprint density at radius 1 is 0.925 bits per heavy atom. The minimum atomic E-state index is -4.59. The number of nitrogens with one attached hydrogen (secondary N) is 2. The summed E-state index contributed by atoms with van der Waals surface area (Å²) in [5.74, 6) is -0.873. The number of carbonyl (C=O) groups excluding carboxylic acids is 3. The lowest BCUT2D eigenvalue weighted by Crippen LogP contribution is -2.49. The molecule has 0 aliphatic carbocycles. The number of aliphatic hydroxyl groups excluding tert-OH is 1. The number of unbranched alkanes of at least 4 members (excludes halogenated alkanes) is 12. The van der Waals surface area contributed by atoms with E-state index in [-0.39, 0.29) is 18.3 Å². The minimum Gasteiger partial charge on any atom is -0.465 e. The molecule has 40 heavy (non-hydrogen) atoms. The Bertz CT molecular complexity index is 619. The minimum absolute atomic E-state index is 0.0394. The number of rotatable bonds is 25. The first-order chi connectivity index (χ1) is 19.1. The molecule has 8 nitrogen and oxygen atoms in total. The number of halogens is 3. The van der Waals surface area contributed by atoms with Crippen LogP contribution in [0.15, 0.2) is 0 Å². The highest BCUT2D eigenvalue weighted by atomic mass is 32.2. The summed E-state index contributed by atoms with van der Waals surface area (Å²) in [4.78, 5) is 34.7. The van der Waals surface area contributed by atoms with Gasteiger partial charge in [0.25, 0.3) is 0 Å². The van der Waals surface area contributed by atoms with Crippen molar-refractivity contribution in [2.75, 3.05) is 38.9 Å². The first kappa shape index (κ1) is 41.1. The van der Waals surface area contributed by atoms with Crippen LogP contribution in [0.3, 0.4) is 0 Å². The zero-order valence-corrected chi connectivity index (χ0v) is 26.0. The average molecular weight is 621 g/mol. The summed E-state index contributed by atoms with van der Waals surface area (Å²) in [5.41, 5.74) is -4.59. The molecule has 0 spiro atoms. The maximum atomic E-state index is 12.5. The number of hydrogen-bond acceptors (Lipinski definition) is 9. The maximum Gasteiger partial charge on any atom is 0.456 e. The molecule has 2 unspecified atom stereocenters. The normalized spacial score (nSPS) is 12.7. The molecule has 1 amide bonds. The third-order valence-corrected chi connectivity index (χ3v) is 7.24. The van der Waals surface area contributed by atoms with Crippen molar-refractivity contribution in [2.24, 2.45) is 0 Å². The summed E-state index contributed by atoms with van der Waals surface area (Å²) in [6.45, 7) is 1.67. The van der Waals surface area contributed by atoms with E-state index >= 15 is 0 Å². The van der Waals surface area contributed by atoms with Crippen LogP contribution in [0.4, 0.5) is 13.2 Å². The van der Waals surface area contributed by atoms with Gasteiger partial charge in [0.15, 0.2) is 0 Å². The largest absolute Gasteiger partial charge is 0.465 e. The van der Waals surface area contributed by atoms with Crippen molar-refractivity contribution in [2.45, 2.75) is 114 Å². The van der Waals surface area contributed by atoms with Gasteiger partial charge < -0.3 is 24.7 Å². The number of carbonyl (C=O) groups is 3. The first-order valence-electron chi connectivity index (χ1n) is 14.1. The van der Waals surface area contributed by atoms with Crippen LogP contribution in [0.1, 0.15) is 96.8 Å². The summed E-state index contributed by atoms with van der Waals surface area (Å²) in [6, 6.07) is -2.45. The summed E-state index contributed by atoms with van der Waals surface area (Å²) >= 11 is 0.583. The number of esters is 1. The highest BCUT2D eigenvalue weighted by Crippen LogP contribution is 2.28. The van der Waals surface area contributed by atoms with Gasteiger partial charge in [-0.2, -0.15) is 24.9 Å². The molecule has 13 heteroatoms. The zero-order chi connectivity index (χ0) is 30.5. The zero-order valence-electron chi connectivity index (χ0n) is 24.4. The maximum absolute atomic E-state index is 12.5. The van der Waals surface area contributed by atoms with Gasteiger partial charge >= 0.3 is 11.5 Å². The average Bonchev–Trinajstić information content (AvgIpc) is 2.91. The molecule has 0 rings (SSSR count). The summed E-state index contributed by atoms with van der Waals surface area (Å²) in [6.07, 6.45) is 16.5. The summed E-state index contributed by atoms with van der Waals surface area (Å²) in [7, 11) is 3.25. The number of aldehydes is 1. The summed E-state index contributed by atoms with van der Waals surface area (Å²) in [5, 5.41) is 11.2. The van der Waals surface area contributed by atoms with Crippen LogP contribution in [-0.4, -0.2) is 79.8 Å². The number of ether oxygens (including phenoxy) is 2. The topological polar surface area (TPSA) is 114 Å². The van der Waals surface area contributed by atoms with Crippen LogP contribution in [0.5, 0.6) is 0 Å². The van der Waals surface area contributed by atoms with Gasteiger partial charge in [-0.1, -0.05) is 84.0 Å². The van der Waals surface area contributed by atoms with Crippen LogP contribution in [0, 0.1) is 0 Å². The van der Waals surface area contributed by atoms with E-state index in [1.54, 1.807) is 14.2 Å². The standard InChI is InChI=1S/C25H45F3N2O5S2.C2H6O/c1-2-3-4-5-6-7-8-9-10-11-12-13-14-15-23(33)35-16-17-36-20-22(30-37-25(26,27)28)24(34)29-21(18-31)19-32;1-3-2/h18,21-22,30,32H,2-17,19-20H2,1H3,(H,29,34);1-2H3. The lowest BCUT2D eigenvalue weighted by atomic mass is 10.0. The van der Waals surface area contributed by atoms with E-state index in [1.807, 2.05) is 4.72 Å². The van der Waals surface area contributed by atoms with Crippen LogP contribution < -0.4 is 10.0 Å². The Labute approximate surface area is 247 Å². The van der Waals surface area contributed by atoms with E-state index < -0.39 is 42.1 Å². The van der Waals surface area contributed by atoms with Crippen molar-refractivity contribution in [1.29, 1.82) is 0 Å². The SMILES string of the molecule is CCCCCCCCCCCCCCCC(=O)OCCSCC(NSC(F)(F)F)C(=O)NC(C=O)CO.COC. The van der Waals surface area contributed by atoms with E-state index in [0.717, 1.165) is 31.0 Å². The first-order valence-corrected chi connectivity index (χ1v) is 16.1. The predicted octanol–water partition coefficient (Wildman–Crippen LogP) is 5.81. The Morgan fingerprint density at radius 3 is 1.88 bits per heavy atom. The molecule has 0 aromatic heterocycles. The fourth-order valence-corrected chi connectivity index (χ4v) is 4.89. The van der Waals surface area contributed by atoms with Crippen molar-refractivity contribution in [1.82, 2.24) is 10.0 Å². The molecule has 0 aliphatic heterocycles. The van der Waals surface area contributed by atoms with Gasteiger partial charge in [-0.15, -0.1) is 0 Å². The van der Waals surface area contributed by atoms with Crippen molar-refractivity contribution in [3.63, 3.8) is 0 Å². The van der Waals surface area contributed by atoms with E-state index in [4.69, 9.17) is 9.84 Å². The van der Waals surface area contributed by atoms with Crippen molar-refractivity contribution < 1.29 is 42.1 Å². The number of methoxy groups -OCH3 is 1. The van der Waals surface area contributed by atoms with Gasteiger partial charge in [0.1, 0.15) is 25.0 Å². The number of aliphatic hydroxyl groups is 1. The van der Waals surface area contributed by atoms with Crippen molar-refractivity contribution >= 4 is 41.9 Å². The molecular weight excluding hydrogens is 569 g/mol. The molecule has 0 bridgehead atoms. The Balaban J connectivity index is 0. The van der Waals surface area contributed by atoms with Crippen LogP contribution in [0.25, 0.3) is 0 Å². The second-order valence-corrected chi connectivity index (χ2v) is 11.4. The lowest BCUT2D eigenvalue weighted by molar-refractivity contribution is -0.143. The van der Waals surface area contributed by atoms with Gasteiger partial charge in [-0.05, 0) is 6.42 Å². The number of amides is 1. The third kappa shape index (κ3) is 30.0. The molecule has 0 heterocycles. The highest BCUT2D eigenvalue weighted by molar-refractivity contribution is 7.99. The quantitative estimate of drug-likeness (QED) is 0.0504. The molecule has 2 atom stereocenters. The smallest absolute Gasteiger partial charge is 0.456 e. The van der Waals surface area contributed by atoms with Gasteiger partial charge in [0.2, 0.25) is 5.91 Å². The molecule has 3 N–H and O–H groups in total. The molecule has 0 aliphatic rings. The monoisotopic (exact) mass is 620 g/mol. The molecule has 0 saturated carbocycles. The number of hydrogen-bond donors (Lipinski definition) is 3. The predicted molar refractivity (Wildman–Crippen MR) is 157 cm³/mol. The van der Waals surface area contributed by atoms with Gasteiger partial charge in [-0.25, -0.2) is 4.72 Å². The number of thioether (sulfide) groups is 1. The van der Waals surface area contributed by atoms with E-state index in [0.29, 0.717) is 18.5 Å². The fraction of sp³-hybridized carbons (Fsp3) is 0.889. The lowest BCUT2D eigenvalue weighted by Gasteiger charge is -2.20. The molecule has 0 aromatic rings. The molecule has 0 aromatic carbocycles. The molecule has 0 saturated heterocycles. The van der Waals surface area contributed by atoms with Gasteiger partial charge in [-0.3, -0.25) is 9.59 Å². The van der Waals surface area contributed by atoms with Crippen LogP contribution in [0.2, 0.25) is 0 Å². The highest BCUT2D eigenvalue weighted by Gasteiger charge is 2.32. The molecule has 0 radical (unpaired) electrons. The molecule has 0 fully saturated rings. The van der Waals surface area contributed by atoms with Crippen LogP contribution >= 0.6 is 23.7 Å². The molecule has 238 valence electrons. The van der Waals surface area contributed by atoms with Crippen molar-refractivity contribution in [3.8, 4) is 0 Å². The second-order valence-electron chi connectivity index (χ2n) is 9.35. The fourth-order valence-electron chi connectivity index (χ4n) is 3.48. The van der Waals surface area contributed by atoms with Crippen molar-refractivity contribution in [3.05, 3.63) is 0 Å². The Hall–Kier alpha value is -1.02. The van der Waals surface area contributed by atoms with Gasteiger partial charge in [0.05, 0.1) is 6.61 Å². The second kappa shape index (κ2) is 29.5. The van der Waals surface area contributed by atoms with E-state index in [9.17, 15) is 27.6 Å². The van der Waals surface area contributed by atoms with Gasteiger partial charge in [0, 0.05) is 44.1 Å². The van der Waals surface area contributed by atoms with E-state index in [2.05, 4.69) is 17.0 Å². The van der Waals surface area contributed by atoms with E-state index in [1.165, 1.54) is 64.2 Å². The Morgan fingerprint density at radius 2 is 1.43 bits per heavy atom. The molecular formula is C27H51F3N2O6S2. The van der Waals surface area contributed by atoms with Crippen LogP contribution in [-0.2, 0) is 23.9 Å².